The summed E-state index contributed by atoms with van der Waals surface area (Å²) in [5, 5.41) is 21.7. The van der Waals surface area contributed by atoms with Crippen molar-refractivity contribution in [3.8, 4) is 11.8 Å². The maximum absolute atomic E-state index is 13.2. The summed E-state index contributed by atoms with van der Waals surface area (Å²) < 4.78 is 5.30. The average molecular weight is 653 g/mol. The number of amides is 2. The molecule has 0 radical (unpaired) electrons. The molecule has 12 heteroatoms. The molecule has 0 unspecified atom stereocenters. The van der Waals surface area contributed by atoms with E-state index in [9.17, 15) is 9.59 Å². The summed E-state index contributed by atoms with van der Waals surface area (Å²) in [7, 11) is 3.52. The van der Waals surface area contributed by atoms with Crippen LogP contribution in [0.15, 0.2) is 88.3 Å². The van der Waals surface area contributed by atoms with E-state index in [1.165, 1.54) is 0 Å². The van der Waals surface area contributed by atoms with Crippen molar-refractivity contribution in [1.82, 2.24) is 10.2 Å². The number of hydrogen-bond donors (Lipinski definition) is 4. The van der Waals surface area contributed by atoms with E-state index in [1.807, 2.05) is 49.4 Å². The fourth-order valence-corrected chi connectivity index (χ4v) is 4.84. The number of hydrogen-bond acceptors (Lipinski definition) is 9. The quantitative estimate of drug-likeness (QED) is 0.0549. The number of carbonyl (C=O) groups excluding carboxylic acids is 2. The van der Waals surface area contributed by atoms with Gasteiger partial charge in [-0.05, 0) is 55.8 Å². The van der Waals surface area contributed by atoms with Crippen LogP contribution < -0.4 is 20.3 Å². The topological polar surface area (TPSA) is 122 Å². The van der Waals surface area contributed by atoms with Crippen LogP contribution in [0.3, 0.4) is 0 Å². The minimum Gasteiger partial charge on any atom is -0.410 e. The van der Waals surface area contributed by atoms with E-state index in [0.717, 1.165) is 35.1 Å². The predicted molar refractivity (Wildman–Crippen MR) is 184 cm³/mol. The van der Waals surface area contributed by atoms with Crippen molar-refractivity contribution >= 4 is 64.9 Å². The first-order valence-electron chi connectivity index (χ1n) is 13.6. The Labute approximate surface area is 274 Å². The lowest BCUT2D eigenvalue weighted by Crippen LogP contribution is -2.30. The van der Waals surface area contributed by atoms with E-state index in [0.29, 0.717) is 45.6 Å². The highest BCUT2D eigenvalue weighted by Crippen LogP contribution is 2.33. The third-order valence-corrected chi connectivity index (χ3v) is 7.48. The molecule has 0 aromatic heterocycles. The van der Waals surface area contributed by atoms with Crippen LogP contribution in [0.5, 0.6) is 5.75 Å². The molecule has 0 fully saturated rings. The maximum Gasteiger partial charge on any atom is 0.412 e. The highest BCUT2D eigenvalue weighted by molar-refractivity contribution is 8.16. The molecule has 3 N–H and O–H groups in total. The van der Waals surface area contributed by atoms with Crippen LogP contribution in [0.4, 0.5) is 16.2 Å². The molecular formula is C32H37ClN6O3S2. The van der Waals surface area contributed by atoms with Crippen LogP contribution in [-0.4, -0.2) is 55.5 Å². The van der Waals surface area contributed by atoms with Gasteiger partial charge in [-0.15, -0.1) is 24.2 Å². The van der Waals surface area contributed by atoms with Crippen LogP contribution in [0.2, 0.25) is 0 Å². The van der Waals surface area contributed by atoms with Gasteiger partial charge in [0.15, 0.2) is 0 Å². The maximum atomic E-state index is 13.2. The molecule has 0 spiro atoms. The Balaban J connectivity index is 0.000000514. The summed E-state index contributed by atoms with van der Waals surface area (Å²) in [5.41, 5.74) is 5.17. The fourth-order valence-electron chi connectivity index (χ4n) is 3.78. The van der Waals surface area contributed by atoms with Crippen molar-refractivity contribution in [2.45, 2.75) is 25.3 Å². The van der Waals surface area contributed by atoms with Gasteiger partial charge >= 0.3 is 6.09 Å². The van der Waals surface area contributed by atoms with Crippen LogP contribution in [0, 0.1) is 16.7 Å². The molecule has 232 valence electrons. The number of nitrogens with one attached hydrogen (secondary N) is 3. The summed E-state index contributed by atoms with van der Waals surface area (Å²) in [5.74, 6) is 0.400. The molecule has 0 aliphatic heterocycles. The van der Waals surface area contributed by atoms with Gasteiger partial charge in [0.2, 0.25) is 0 Å². The van der Waals surface area contributed by atoms with E-state index in [-0.39, 0.29) is 11.8 Å². The first-order chi connectivity index (χ1) is 21.1. The number of nitrogens with zero attached hydrogens (tertiary/aromatic N) is 3. The van der Waals surface area contributed by atoms with Gasteiger partial charge in [0.1, 0.15) is 5.75 Å². The van der Waals surface area contributed by atoms with E-state index < -0.39 is 6.09 Å². The second-order valence-corrected chi connectivity index (χ2v) is 11.0. The molecular weight excluding hydrogens is 616 g/mol. The van der Waals surface area contributed by atoms with Crippen molar-refractivity contribution in [2.75, 3.05) is 43.3 Å². The molecule has 44 heavy (non-hydrogen) atoms. The lowest BCUT2D eigenvalue weighted by Gasteiger charge is -2.26. The molecule has 3 aromatic carbocycles. The summed E-state index contributed by atoms with van der Waals surface area (Å²) in [6.07, 6.45) is -0.610. The van der Waals surface area contributed by atoms with Crippen LogP contribution in [0.1, 0.15) is 25.0 Å². The number of carbonyl (C=O) groups is 2. The standard InChI is InChI=1S/C23H27ClN4O3S2.C9H10N2/c1-16(21(33-15-25)22(29)27(2)14-17-7-5-4-6-8-17)28(3)19-13-18(9-10-20(19)32)31-23(30)26-12-11-24;1-2-11-9-5-3-8(7-10)4-6-9/h4-10,13,15,25,32H,11-12,14H2,1-3H3,(H,26,30);3-6,11H,2H2,1H3/b21-16+,25-15?;. The molecule has 0 heterocycles. The minimum absolute atomic E-state index is 0.203. The monoisotopic (exact) mass is 652 g/mol. The lowest BCUT2D eigenvalue weighted by molar-refractivity contribution is -0.125. The van der Waals surface area contributed by atoms with Gasteiger partial charge in [-0.3, -0.25) is 4.79 Å². The van der Waals surface area contributed by atoms with Gasteiger partial charge in [-0.1, -0.05) is 42.1 Å². The van der Waals surface area contributed by atoms with Gasteiger partial charge in [-0.25, -0.2) is 4.79 Å². The number of anilines is 2. The highest BCUT2D eigenvalue weighted by Gasteiger charge is 2.21. The summed E-state index contributed by atoms with van der Waals surface area (Å²) in [6, 6.07) is 24.2. The summed E-state index contributed by atoms with van der Waals surface area (Å²) in [4.78, 5) is 29.5. The van der Waals surface area contributed by atoms with Gasteiger partial charge in [0.05, 0.1) is 27.8 Å². The Morgan fingerprint density at radius 1 is 1.11 bits per heavy atom. The van der Waals surface area contributed by atoms with Crippen molar-refractivity contribution in [2.24, 2.45) is 0 Å². The number of alkyl halides is 1. The zero-order valence-corrected chi connectivity index (χ0v) is 27.6. The first-order valence-corrected chi connectivity index (χ1v) is 15.5. The van der Waals surface area contributed by atoms with Gasteiger partial charge in [0, 0.05) is 62.0 Å². The molecule has 2 amide bonds. The smallest absolute Gasteiger partial charge is 0.410 e. The van der Waals surface area contributed by atoms with E-state index in [2.05, 4.69) is 29.3 Å². The largest absolute Gasteiger partial charge is 0.412 e. The molecule has 0 saturated carbocycles. The highest BCUT2D eigenvalue weighted by atomic mass is 35.5. The number of benzene rings is 3. The fraction of sp³-hybridized carbons (Fsp3) is 0.250. The Morgan fingerprint density at radius 2 is 1.80 bits per heavy atom. The molecule has 0 atom stereocenters. The van der Waals surface area contributed by atoms with Crippen LogP contribution in [-0.2, 0) is 11.3 Å². The van der Waals surface area contributed by atoms with Crippen LogP contribution in [0.25, 0.3) is 0 Å². The van der Waals surface area contributed by atoms with Gasteiger partial charge in [-0.2, -0.15) is 5.26 Å². The first kappa shape index (κ1) is 36.1. The van der Waals surface area contributed by atoms with E-state index in [4.69, 9.17) is 27.0 Å². The predicted octanol–water partition coefficient (Wildman–Crippen LogP) is 6.96. The zero-order chi connectivity index (χ0) is 32.5. The number of thioether (sulfide) groups is 1. The zero-order valence-electron chi connectivity index (χ0n) is 25.1. The second kappa shape index (κ2) is 19.2. The Kier molecular flexibility index (Phi) is 15.8. The SMILES string of the molecule is C/C(=C(\SC=N)C(=O)N(C)Cc1ccccc1)N(C)c1cc(OC(=O)NCCCl)ccc1S.CCNc1ccc(C#N)cc1. The molecule has 9 nitrogen and oxygen atoms in total. The third-order valence-electron chi connectivity index (χ3n) is 6.09. The number of rotatable bonds is 12. The second-order valence-electron chi connectivity index (χ2n) is 9.23. The number of likely N-dealkylation sites (N-methyl/N-ethyl adjacent to an activating group) is 1. The normalized spacial score (nSPS) is 10.7. The molecule has 0 bridgehead atoms. The number of nitriles is 1. The van der Waals surface area contributed by atoms with Crippen molar-refractivity contribution < 1.29 is 14.3 Å². The number of ether oxygens (including phenoxy) is 1. The van der Waals surface area contributed by atoms with Gasteiger partial charge < -0.3 is 30.6 Å². The van der Waals surface area contributed by atoms with Crippen molar-refractivity contribution in [3.05, 3.63) is 94.5 Å². The Hall–Kier alpha value is -4.11. The summed E-state index contributed by atoms with van der Waals surface area (Å²) >= 11 is 11.1. The molecule has 0 aliphatic rings. The average Bonchev–Trinajstić information content (AvgIpc) is 3.04. The van der Waals surface area contributed by atoms with E-state index in [1.54, 1.807) is 61.2 Å². The Morgan fingerprint density at radius 3 is 2.39 bits per heavy atom. The molecule has 3 aromatic rings. The minimum atomic E-state index is -0.610. The Bertz CT molecular complexity index is 1460. The van der Waals surface area contributed by atoms with E-state index >= 15 is 0 Å². The van der Waals surface area contributed by atoms with Crippen molar-refractivity contribution in [3.63, 3.8) is 0 Å². The number of thiol groups is 1. The lowest BCUT2D eigenvalue weighted by atomic mass is 10.2. The van der Waals surface area contributed by atoms with Crippen molar-refractivity contribution in [1.29, 1.82) is 10.7 Å². The number of allylic oxidation sites excluding steroid dienone is 1. The molecule has 3 rings (SSSR count). The number of halogens is 1. The molecule has 0 saturated heterocycles. The third kappa shape index (κ3) is 11.5. The van der Waals surface area contributed by atoms with Crippen LogP contribution >= 0.6 is 36.0 Å². The van der Waals surface area contributed by atoms with Gasteiger partial charge in [0.25, 0.3) is 5.91 Å². The summed E-state index contributed by atoms with van der Waals surface area (Å²) in [6.45, 7) is 5.48. The molecule has 0 aliphatic carbocycles.